The molecular weight excluding hydrogens is 430 g/mol. The van der Waals surface area contributed by atoms with E-state index in [1.165, 1.54) is 17.1 Å². The van der Waals surface area contributed by atoms with Crippen LogP contribution in [0.1, 0.15) is 39.5 Å². The van der Waals surface area contributed by atoms with Crippen LogP contribution >= 0.6 is 11.6 Å². The first-order valence-electron chi connectivity index (χ1n) is 9.66. The normalized spacial score (nSPS) is 11.6. The van der Waals surface area contributed by atoms with Gasteiger partial charge in [0.2, 0.25) is 0 Å². The maximum atomic E-state index is 12.9. The first-order valence-corrected chi connectivity index (χ1v) is 10.0. The molecule has 2 amide bonds. The Labute approximate surface area is 188 Å². The molecule has 1 atom stereocenters. The molecule has 2 N–H and O–H groups in total. The van der Waals surface area contributed by atoms with Crippen LogP contribution in [-0.4, -0.2) is 36.5 Å². The van der Waals surface area contributed by atoms with Crippen LogP contribution in [0.4, 0.5) is 5.69 Å². The van der Waals surface area contributed by atoms with Gasteiger partial charge in [0.05, 0.1) is 6.04 Å². The van der Waals surface area contributed by atoms with Gasteiger partial charge in [0.15, 0.2) is 5.82 Å². The fraction of sp³-hybridized carbons (Fsp3) is 0.0909. The molecule has 10 heteroatoms. The van der Waals surface area contributed by atoms with Crippen LogP contribution in [0.15, 0.2) is 73.3 Å². The standard InChI is InChI=1S/C22H18ClN7O2/c1-14(19-26-13-27-30(19)22-24-8-5-9-25-22)28-21(32)16-10-17(23)12-18(11-16)29-20(31)15-6-3-2-4-7-15/h2-14H,1H3,(H,28,32)(H,29,31)/t14-/m1/s1. The lowest BCUT2D eigenvalue weighted by atomic mass is 10.1. The lowest BCUT2D eigenvalue weighted by Gasteiger charge is -2.15. The third kappa shape index (κ3) is 4.79. The molecule has 0 unspecified atom stereocenters. The van der Waals surface area contributed by atoms with Crippen LogP contribution in [0.3, 0.4) is 0 Å². The van der Waals surface area contributed by atoms with Crippen molar-refractivity contribution < 1.29 is 9.59 Å². The molecule has 2 aromatic heterocycles. The smallest absolute Gasteiger partial charge is 0.255 e. The summed E-state index contributed by atoms with van der Waals surface area (Å²) in [6.45, 7) is 1.77. The fourth-order valence-electron chi connectivity index (χ4n) is 3.03. The van der Waals surface area contributed by atoms with Crippen LogP contribution in [0.25, 0.3) is 5.95 Å². The quantitative estimate of drug-likeness (QED) is 0.467. The molecule has 0 bridgehead atoms. The van der Waals surface area contributed by atoms with Crippen LogP contribution in [-0.2, 0) is 0 Å². The van der Waals surface area contributed by atoms with E-state index >= 15 is 0 Å². The summed E-state index contributed by atoms with van der Waals surface area (Å²) in [6, 6.07) is 14.6. The Hall–Kier alpha value is -4.11. The van der Waals surface area contributed by atoms with Gasteiger partial charge in [0, 0.05) is 34.2 Å². The van der Waals surface area contributed by atoms with Crippen molar-refractivity contribution in [2.75, 3.05) is 5.32 Å². The molecule has 4 rings (SSSR count). The van der Waals surface area contributed by atoms with Crippen molar-refractivity contribution in [1.29, 1.82) is 0 Å². The number of rotatable bonds is 6. The van der Waals surface area contributed by atoms with Gasteiger partial charge in [-0.15, -0.1) is 0 Å². The predicted molar refractivity (Wildman–Crippen MR) is 119 cm³/mol. The lowest BCUT2D eigenvalue weighted by Crippen LogP contribution is -2.29. The molecule has 32 heavy (non-hydrogen) atoms. The zero-order chi connectivity index (χ0) is 22.5. The minimum atomic E-state index is -0.504. The van der Waals surface area contributed by atoms with Crippen molar-refractivity contribution in [2.24, 2.45) is 0 Å². The Kier molecular flexibility index (Phi) is 6.18. The van der Waals surface area contributed by atoms with Crippen LogP contribution in [0.2, 0.25) is 5.02 Å². The Morgan fingerprint density at radius 3 is 2.44 bits per heavy atom. The van der Waals surface area contributed by atoms with Gasteiger partial charge < -0.3 is 10.6 Å². The van der Waals surface area contributed by atoms with Gasteiger partial charge >= 0.3 is 0 Å². The highest BCUT2D eigenvalue weighted by atomic mass is 35.5. The number of carbonyl (C=O) groups is 2. The van der Waals surface area contributed by atoms with Gasteiger partial charge in [0.25, 0.3) is 17.8 Å². The largest absolute Gasteiger partial charge is 0.342 e. The van der Waals surface area contributed by atoms with E-state index in [9.17, 15) is 9.59 Å². The maximum Gasteiger partial charge on any atom is 0.255 e. The average Bonchev–Trinajstić information content (AvgIpc) is 3.30. The fourth-order valence-corrected chi connectivity index (χ4v) is 3.27. The third-order valence-corrected chi connectivity index (χ3v) is 4.72. The van der Waals surface area contributed by atoms with Crippen molar-refractivity contribution in [1.82, 2.24) is 30.0 Å². The van der Waals surface area contributed by atoms with Crippen LogP contribution in [0.5, 0.6) is 0 Å². The number of carbonyl (C=O) groups excluding carboxylic acids is 2. The van der Waals surface area contributed by atoms with E-state index in [1.54, 1.807) is 61.8 Å². The van der Waals surface area contributed by atoms with E-state index in [-0.39, 0.29) is 11.5 Å². The minimum absolute atomic E-state index is 0.287. The van der Waals surface area contributed by atoms with Crippen molar-refractivity contribution in [3.05, 3.63) is 95.3 Å². The number of nitrogens with one attached hydrogen (secondary N) is 2. The van der Waals surface area contributed by atoms with Gasteiger partial charge in [-0.1, -0.05) is 29.8 Å². The second-order valence-electron chi connectivity index (χ2n) is 6.82. The van der Waals surface area contributed by atoms with E-state index in [2.05, 4.69) is 30.7 Å². The Morgan fingerprint density at radius 2 is 1.69 bits per heavy atom. The van der Waals surface area contributed by atoms with Gasteiger partial charge in [0.1, 0.15) is 6.33 Å². The van der Waals surface area contributed by atoms with Crippen molar-refractivity contribution in [3.63, 3.8) is 0 Å². The molecule has 9 nitrogen and oxygen atoms in total. The molecule has 160 valence electrons. The molecule has 0 spiro atoms. The summed E-state index contributed by atoms with van der Waals surface area (Å²) < 4.78 is 1.45. The summed E-state index contributed by atoms with van der Waals surface area (Å²) >= 11 is 6.19. The topological polar surface area (TPSA) is 115 Å². The number of hydrogen-bond acceptors (Lipinski definition) is 6. The highest BCUT2D eigenvalue weighted by Crippen LogP contribution is 2.21. The highest BCUT2D eigenvalue weighted by Gasteiger charge is 2.19. The van der Waals surface area contributed by atoms with Crippen LogP contribution < -0.4 is 10.6 Å². The second kappa shape index (κ2) is 9.36. The summed E-state index contributed by atoms with van der Waals surface area (Å²) in [5.74, 6) is 0.112. The summed E-state index contributed by atoms with van der Waals surface area (Å²) in [4.78, 5) is 37.8. The maximum absolute atomic E-state index is 12.9. The van der Waals surface area contributed by atoms with E-state index in [4.69, 9.17) is 11.6 Å². The predicted octanol–water partition coefficient (Wildman–Crippen LogP) is 3.45. The minimum Gasteiger partial charge on any atom is -0.342 e. The van der Waals surface area contributed by atoms with Gasteiger partial charge in [-0.25, -0.2) is 15.0 Å². The number of nitrogens with zero attached hydrogens (tertiary/aromatic N) is 5. The number of hydrogen-bond donors (Lipinski definition) is 2. The van der Waals surface area contributed by atoms with E-state index in [1.807, 2.05) is 6.07 Å². The molecule has 0 aliphatic heterocycles. The van der Waals surface area contributed by atoms with Gasteiger partial charge in [-0.2, -0.15) is 9.78 Å². The van der Waals surface area contributed by atoms with Gasteiger partial charge in [-0.3, -0.25) is 9.59 Å². The molecule has 0 saturated heterocycles. The SMILES string of the molecule is C[C@@H](NC(=O)c1cc(Cl)cc(NC(=O)c2ccccc2)c1)c1ncnn1-c1ncccn1. The molecule has 0 saturated carbocycles. The van der Waals surface area contributed by atoms with E-state index in [0.717, 1.165) is 0 Å². The zero-order valence-corrected chi connectivity index (χ0v) is 17.7. The summed E-state index contributed by atoms with van der Waals surface area (Å²) in [6.07, 6.45) is 4.55. The van der Waals surface area contributed by atoms with E-state index in [0.29, 0.717) is 28.0 Å². The third-order valence-electron chi connectivity index (χ3n) is 4.50. The number of anilines is 1. The molecule has 4 aromatic rings. The monoisotopic (exact) mass is 447 g/mol. The molecule has 2 aromatic carbocycles. The van der Waals surface area contributed by atoms with Crippen molar-refractivity contribution in [3.8, 4) is 5.95 Å². The number of halogens is 1. The Morgan fingerprint density at radius 1 is 0.938 bits per heavy atom. The van der Waals surface area contributed by atoms with Gasteiger partial charge in [-0.05, 0) is 43.3 Å². The summed E-state index contributed by atoms with van der Waals surface area (Å²) in [7, 11) is 0. The average molecular weight is 448 g/mol. The number of aromatic nitrogens is 5. The molecule has 0 radical (unpaired) electrons. The van der Waals surface area contributed by atoms with Crippen molar-refractivity contribution in [2.45, 2.75) is 13.0 Å². The lowest BCUT2D eigenvalue weighted by molar-refractivity contribution is 0.0936. The molecule has 0 fully saturated rings. The van der Waals surface area contributed by atoms with Crippen LogP contribution in [0, 0.1) is 0 Å². The number of benzene rings is 2. The Bertz CT molecular complexity index is 1250. The Balaban J connectivity index is 1.51. The summed E-state index contributed by atoms with van der Waals surface area (Å²) in [5, 5.41) is 10.1. The second-order valence-corrected chi connectivity index (χ2v) is 7.26. The zero-order valence-electron chi connectivity index (χ0n) is 16.9. The molecule has 0 aliphatic carbocycles. The summed E-state index contributed by atoms with van der Waals surface area (Å²) in [5.41, 5.74) is 1.19. The molecular formula is C22H18ClN7O2. The molecule has 2 heterocycles. The van der Waals surface area contributed by atoms with Crippen molar-refractivity contribution >= 4 is 29.1 Å². The highest BCUT2D eigenvalue weighted by molar-refractivity contribution is 6.31. The first kappa shape index (κ1) is 21.1. The van der Waals surface area contributed by atoms with E-state index < -0.39 is 11.9 Å². The number of amides is 2. The first-order chi connectivity index (χ1) is 15.5. The molecule has 0 aliphatic rings.